The Kier molecular flexibility index (Phi) is 6.21. The fraction of sp³-hybridized carbons (Fsp3) is 0.250. The Hall–Kier alpha value is -2.08. The van der Waals surface area contributed by atoms with Crippen molar-refractivity contribution in [2.45, 2.75) is 12.8 Å². The van der Waals surface area contributed by atoms with Gasteiger partial charge < -0.3 is 15.1 Å². The minimum absolute atomic E-state index is 0.0670. The first-order valence-electron chi connectivity index (χ1n) is 6.99. The number of hydrogen-bond acceptors (Lipinski definition) is 3. The monoisotopic (exact) mass is 364 g/mol. The van der Waals surface area contributed by atoms with E-state index < -0.39 is 5.91 Å². The van der Waals surface area contributed by atoms with Gasteiger partial charge in [-0.3, -0.25) is 9.59 Å². The zero-order chi connectivity index (χ0) is 15.8. The first-order chi connectivity index (χ1) is 10.6. The standard InChI is InChI=1S/C16H17BrN2O3/c17-14-9-8-13(22-14)16(21)19-11-15(20)18-10-4-7-12-5-2-1-3-6-12/h1-3,5-6,8-9H,4,7,10-11H2,(H,18,20)(H,19,21). The second-order valence-electron chi connectivity index (χ2n) is 4.73. The van der Waals surface area contributed by atoms with Crippen molar-refractivity contribution in [3.05, 3.63) is 58.5 Å². The average molecular weight is 365 g/mol. The highest BCUT2D eigenvalue weighted by Gasteiger charge is 2.11. The summed E-state index contributed by atoms with van der Waals surface area (Å²) in [6, 6.07) is 13.3. The van der Waals surface area contributed by atoms with Gasteiger partial charge in [0, 0.05) is 6.54 Å². The quantitative estimate of drug-likeness (QED) is 0.741. The van der Waals surface area contributed by atoms with E-state index in [1.807, 2.05) is 18.2 Å². The van der Waals surface area contributed by atoms with Crippen molar-refractivity contribution in [2.24, 2.45) is 0 Å². The Balaban J connectivity index is 1.61. The number of rotatable bonds is 7. The molecule has 1 aromatic heterocycles. The van der Waals surface area contributed by atoms with Crippen molar-refractivity contribution in [1.82, 2.24) is 10.6 Å². The molecule has 0 radical (unpaired) electrons. The van der Waals surface area contributed by atoms with Crippen LogP contribution in [-0.2, 0) is 11.2 Å². The molecule has 6 heteroatoms. The summed E-state index contributed by atoms with van der Waals surface area (Å²) < 4.78 is 5.57. The van der Waals surface area contributed by atoms with E-state index in [1.165, 1.54) is 11.6 Å². The van der Waals surface area contributed by atoms with Crippen LogP contribution in [0.1, 0.15) is 22.5 Å². The summed E-state index contributed by atoms with van der Waals surface area (Å²) >= 11 is 3.12. The summed E-state index contributed by atoms with van der Waals surface area (Å²) in [5, 5.41) is 5.28. The highest BCUT2D eigenvalue weighted by molar-refractivity contribution is 9.10. The minimum Gasteiger partial charge on any atom is -0.444 e. The highest BCUT2D eigenvalue weighted by atomic mass is 79.9. The van der Waals surface area contributed by atoms with E-state index in [9.17, 15) is 9.59 Å². The van der Waals surface area contributed by atoms with Crippen molar-refractivity contribution in [3.8, 4) is 0 Å². The van der Waals surface area contributed by atoms with Crippen molar-refractivity contribution in [3.63, 3.8) is 0 Å². The van der Waals surface area contributed by atoms with Gasteiger partial charge in [-0.05, 0) is 46.5 Å². The van der Waals surface area contributed by atoms with Crippen LogP contribution < -0.4 is 10.6 Å². The Morgan fingerprint density at radius 1 is 1.05 bits per heavy atom. The lowest BCUT2D eigenvalue weighted by atomic mass is 10.1. The largest absolute Gasteiger partial charge is 0.444 e. The number of benzene rings is 1. The van der Waals surface area contributed by atoms with E-state index in [0.29, 0.717) is 11.2 Å². The summed E-state index contributed by atoms with van der Waals surface area (Å²) in [4.78, 5) is 23.3. The van der Waals surface area contributed by atoms with Gasteiger partial charge in [0.2, 0.25) is 5.91 Å². The van der Waals surface area contributed by atoms with Crippen LogP contribution in [0.5, 0.6) is 0 Å². The molecule has 1 aromatic carbocycles. The van der Waals surface area contributed by atoms with Crippen molar-refractivity contribution < 1.29 is 14.0 Å². The third kappa shape index (κ3) is 5.37. The molecule has 0 unspecified atom stereocenters. The number of aryl methyl sites for hydroxylation is 1. The summed E-state index contributed by atoms with van der Waals surface area (Å²) in [6.07, 6.45) is 1.77. The van der Waals surface area contributed by atoms with Gasteiger partial charge in [-0.2, -0.15) is 0 Å². The van der Waals surface area contributed by atoms with Gasteiger partial charge in [-0.25, -0.2) is 0 Å². The predicted molar refractivity (Wildman–Crippen MR) is 86.5 cm³/mol. The van der Waals surface area contributed by atoms with E-state index in [2.05, 4.69) is 38.7 Å². The Bertz CT molecular complexity index is 625. The van der Waals surface area contributed by atoms with Gasteiger partial charge in [-0.15, -0.1) is 0 Å². The lowest BCUT2D eigenvalue weighted by Crippen LogP contribution is -2.37. The lowest BCUT2D eigenvalue weighted by molar-refractivity contribution is -0.120. The average Bonchev–Trinajstić information content (AvgIpc) is 2.97. The maximum absolute atomic E-state index is 11.7. The molecular weight excluding hydrogens is 348 g/mol. The van der Waals surface area contributed by atoms with Crippen LogP contribution >= 0.6 is 15.9 Å². The van der Waals surface area contributed by atoms with Gasteiger partial charge in [0.15, 0.2) is 10.4 Å². The van der Waals surface area contributed by atoms with Crippen LogP contribution in [0.3, 0.4) is 0 Å². The van der Waals surface area contributed by atoms with Crippen LogP contribution in [0.4, 0.5) is 0 Å². The molecule has 5 nitrogen and oxygen atoms in total. The predicted octanol–water partition coefficient (Wildman–Crippen LogP) is 2.52. The lowest BCUT2D eigenvalue weighted by Gasteiger charge is -2.06. The molecule has 0 saturated carbocycles. The molecule has 2 amide bonds. The maximum atomic E-state index is 11.7. The van der Waals surface area contributed by atoms with E-state index in [1.54, 1.807) is 6.07 Å². The molecule has 0 aliphatic heterocycles. The van der Waals surface area contributed by atoms with Crippen LogP contribution in [0.25, 0.3) is 0 Å². The molecule has 0 saturated heterocycles. The van der Waals surface area contributed by atoms with E-state index in [4.69, 9.17) is 4.42 Å². The summed E-state index contributed by atoms with van der Waals surface area (Å²) in [5.74, 6) is -0.457. The highest BCUT2D eigenvalue weighted by Crippen LogP contribution is 2.13. The van der Waals surface area contributed by atoms with Gasteiger partial charge in [0.05, 0.1) is 6.54 Å². The second-order valence-corrected chi connectivity index (χ2v) is 5.51. The second kappa shape index (κ2) is 8.38. The molecule has 116 valence electrons. The maximum Gasteiger partial charge on any atom is 0.287 e. The van der Waals surface area contributed by atoms with Crippen LogP contribution in [0.15, 0.2) is 51.6 Å². The first-order valence-corrected chi connectivity index (χ1v) is 7.78. The number of furan rings is 1. The normalized spacial score (nSPS) is 10.2. The molecule has 0 spiro atoms. The third-order valence-electron chi connectivity index (χ3n) is 3.01. The van der Waals surface area contributed by atoms with Crippen molar-refractivity contribution in [2.75, 3.05) is 13.1 Å². The fourth-order valence-electron chi connectivity index (χ4n) is 1.91. The van der Waals surface area contributed by atoms with E-state index >= 15 is 0 Å². The molecular formula is C16H17BrN2O3. The number of carbonyl (C=O) groups is 2. The minimum atomic E-state index is -0.412. The van der Waals surface area contributed by atoms with E-state index in [0.717, 1.165) is 12.8 Å². The number of nitrogens with one attached hydrogen (secondary N) is 2. The summed E-state index contributed by atoms with van der Waals surface area (Å²) in [6.45, 7) is 0.512. The van der Waals surface area contributed by atoms with Crippen LogP contribution in [-0.4, -0.2) is 24.9 Å². The molecule has 0 atom stereocenters. The first kappa shape index (κ1) is 16.3. The van der Waals surface area contributed by atoms with Crippen LogP contribution in [0.2, 0.25) is 0 Å². The van der Waals surface area contributed by atoms with Crippen molar-refractivity contribution >= 4 is 27.7 Å². The zero-order valence-electron chi connectivity index (χ0n) is 12.0. The van der Waals surface area contributed by atoms with Crippen molar-refractivity contribution in [1.29, 1.82) is 0 Å². The Morgan fingerprint density at radius 2 is 1.82 bits per heavy atom. The molecule has 0 aliphatic rings. The molecule has 2 rings (SSSR count). The Morgan fingerprint density at radius 3 is 2.50 bits per heavy atom. The van der Waals surface area contributed by atoms with E-state index in [-0.39, 0.29) is 18.2 Å². The molecule has 0 fully saturated rings. The molecule has 0 aliphatic carbocycles. The summed E-state index contributed by atoms with van der Waals surface area (Å²) in [5.41, 5.74) is 1.24. The molecule has 2 N–H and O–H groups in total. The number of amides is 2. The molecule has 2 aromatic rings. The Labute approximate surface area is 137 Å². The SMILES string of the molecule is O=C(CNC(=O)c1ccc(Br)o1)NCCCc1ccccc1. The fourth-order valence-corrected chi connectivity index (χ4v) is 2.22. The molecule has 1 heterocycles. The molecule has 0 bridgehead atoms. The zero-order valence-corrected chi connectivity index (χ0v) is 13.6. The number of carbonyl (C=O) groups excluding carboxylic acids is 2. The number of hydrogen-bond donors (Lipinski definition) is 2. The van der Waals surface area contributed by atoms with Crippen LogP contribution in [0, 0.1) is 0 Å². The molecule has 22 heavy (non-hydrogen) atoms. The third-order valence-corrected chi connectivity index (χ3v) is 3.44. The topological polar surface area (TPSA) is 71.3 Å². The summed E-state index contributed by atoms with van der Waals surface area (Å²) in [7, 11) is 0. The smallest absolute Gasteiger partial charge is 0.287 e. The van der Waals surface area contributed by atoms with Gasteiger partial charge in [-0.1, -0.05) is 30.3 Å². The van der Waals surface area contributed by atoms with Gasteiger partial charge >= 0.3 is 0 Å². The van der Waals surface area contributed by atoms with Gasteiger partial charge in [0.25, 0.3) is 5.91 Å². The van der Waals surface area contributed by atoms with Gasteiger partial charge in [0.1, 0.15) is 0 Å². The number of halogens is 1.